The molecule has 2 aromatic rings. The third-order valence-electron chi connectivity index (χ3n) is 4.85. The van der Waals surface area contributed by atoms with Crippen LogP contribution in [0.2, 0.25) is 0 Å². The van der Waals surface area contributed by atoms with Crippen LogP contribution in [0.15, 0.2) is 35.4 Å². The summed E-state index contributed by atoms with van der Waals surface area (Å²) in [5.41, 5.74) is 1.07. The van der Waals surface area contributed by atoms with Crippen molar-refractivity contribution in [2.45, 2.75) is 30.7 Å². The highest BCUT2D eigenvalue weighted by Gasteiger charge is 2.29. The van der Waals surface area contributed by atoms with E-state index in [1.54, 1.807) is 6.07 Å². The minimum absolute atomic E-state index is 0.116. The number of nitrogens with one attached hydrogen (secondary N) is 2. The molecule has 1 saturated heterocycles. The second-order valence-corrected chi connectivity index (χ2v) is 8.61. The zero-order valence-electron chi connectivity index (χ0n) is 14.9. The van der Waals surface area contributed by atoms with Crippen molar-refractivity contribution < 1.29 is 22.7 Å². The van der Waals surface area contributed by atoms with Crippen LogP contribution in [0.1, 0.15) is 41.9 Å². The molecule has 1 amide bonds. The van der Waals surface area contributed by atoms with E-state index >= 15 is 0 Å². The summed E-state index contributed by atoms with van der Waals surface area (Å²) in [7, 11) is -3.55. The molecular weight excluding hydrogens is 370 g/mol. The molecule has 2 aliphatic heterocycles. The van der Waals surface area contributed by atoms with Gasteiger partial charge in [0.05, 0.1) is 6.04 Å². The number of fused-ring (bicyclic) bond motifs is 1. The molecule has 0 aliphatic carbocycles. The first-order valence-corrected chi connectivity index (χ1v) is 10.3. The van der Waals surface area contributed by atoms with Crippen molar-refractivity contribution in [3.63, 3.8) is 0 Å². The number of H-pyrrole nitrogens is 1. The first kappa shape index (κ1) is 17.9. The molecule has 144 valence electrons. The predicted octanol–water partition coefficient (Wildman–Crippen LogP) is 2.02. The molecule has 2 aliphatic rings. The Morgan fingerprint density at radius 3 is 2.70 bits per heavy atom. The molecule has 1 aromatic carbocycles. The first-order chi connectivity index (χ1) is 12.9. The highest BCUT2D eigenvalue weighted by atomic mass is 32.2. The number of nitrogens with zero attached hydrogens (tertiary/aromatic N) is 1. The van der Waals surface area contributed by atoms with E-state index in [0.29, 0.717) is 24.6 Å². The Morgan fingerprint density at radius 2 is 1.93 bits per heavy atom. The molecule has 0 radical (unpaired) electrons. The Balaban J connectivity index is 1.46. The van der Waals surface area contributed by atoms with Crippen molar-refractivity contribution in [2.24, 2.45) is 0 Å². The van der Waals surface area contributed by atoms with Crippen molar-refractivity contribution in [1.82, 2.24) is 14.6 Å². The van der Waals surface area contributed by atoms with Gasteiger partial charge in [-0.2, -0.15) is 4.31 Å². The molecule has 3 heterocycles. The molecule has 0 bridgehead atoms. The van der Waals surface area contributed by atoms with E-state index in [2.05, 4.69) is 10.3 Å². The van der Waals surface area contributed by atoms with Crippen LogP contribution in [-0.2, 0) is 10.0 Å². The summed E-state index contributed by atoms with van der Waals surface area (Å²) in [5.74, 6) is 0.953. The Kier molecular flexibility index (Phi) is 4.56. The van der Waals surface area contributed by atoms with Gasteiger partial charge in [0, 0.05) is 19.3 Å². The summed E-state index contributed by atoms with van der Waals surface area (Å²) in [6.45, 7) is 3.09. The van der Waals surface area contributed by atoms with Crippen LogP contribution >= 0.6 is 0 Å². The number of hydrogen-bond donors (Lipinski definition) is 2. The number of sulfonamides is 1. The third kappa shape index (κ3) is 3.40. The SMILES string of the molecule is CC(NC(=O)c1cc(S(=O)(=O)N2CCCC2)c[nH]1)c1ccc2c(c1)OCO2. The molecule has 1 aromatic heterocycles. The summed E-state index contributed by atoms with van der Waals surface area (Å²) >= 11 is 0. The van der Waals surface area contributed by atoms with Crippen molar-refractivity contribution in [1.29, 1.82) is 0 Å². The largest absolute Gasteiger partial charge is 0.454 e. The highest BCUT2D eigenvalue weighted by Crippen LogP contribution is 2.34. The van der Waals surface area contributed by atoms with E-state index in [-0.39, 0.29) is 29.3 Å². The van der Waals surface area contributed by atoms with E-state index in [1.807, 2.05) is 19.1 Å². The number of carbonyl (C=O) groups is 1. The third-order valence-corrected chi connectivity index (χ3v) is 6.72. The molecule has 8 nitrogen and oxygen atoms in total. The summed E-state index contributed by atoms with van der Waals surface area (Å²) in [6, 6.07) is 6.58. The van der Waals surface area contributed by atoms with Gasteiger partial charge >= 0.3 is 0 Å². The first-order valence-electron chi connectivity index (χ1n) is 8.84. The maximum Gasteiger partial charge on any atom is 0.268 e. The zero-order valence-corrected chi connectivity index (χ0v) is 15.7. The lowest BCUT2D eigenvalue weighted by Gasteiger charge is -2.14. The fourth-order valence-corrected chi connectivity index (χ4v) is 4.78. The highest BCUT2D eigenvalue weighted by molar-refractivity contribution is 7.89. The Morgan fingerprint density at radius 1 is 1.19 bits per heavy atom. The lowest BCUT2D eigenvalue weighted by atomic mass is 10.1. The van der Waals surface area contributed by atoms with Crippen molar-refractivity contribution in [3.8, 4) is 11.5 Å². The van der Waals surface area contributed by atoms with E-state index in [0.717, 1.165) is 18.4 Å². The smallest absolute Gasteiger partial charge is 0.268 e. The van der Waals surface area contributed by atoms with Crippen LogP contribution in [0.3, 0.4) is 0 Å². The maximum atomic E-state index is 12.6. The molecule has 1 fully saturated rings. The summed E-state index contributed by atoms with van der Waals surface area (Å²) in [6.07, 6.45) is 3.10. The van der Waals surface area contributed by atoms with Crippen molar-refractivity contribution >= 4 is 15.9 Å². The quantitative estimate of drug-likeness (QED) is 0.812. The number of amides is 1. The molecule has 0 saturated carbocycles. The minimum atomic E-state index is -3.55. The lowest BCUT2D eigenvalue weighted by Crippen LogP contribution is -2.28. The normalized spacial score (nSPS) is 17.8. The lowest BCUT2D eigenvalue weighted by molar-refractivity contribution is 0.0935. The standard InChI is InChI=1S/C18H21N3O5S/c1-12(13-4-5-16-17(8-13)26-11-25-16)20-18(22)15-9-14(10-19-15)27(23,24)21-6-2-3-7-21/h4-5,8-10,12,19H,2-3,6-7,11H2,1H3,(H,20,22). The number of aromatic nitrogens is 1. The average Bonchev–Trinajstić information content (AvgIpc) is 3.42. The van der Waals surface area contributed by atoms with Crippen LogP contribution in [0, 0.1) is 0 Å². The van der Waals surface area contributed by atoms with E-state index in [1.165, 1.54) is 16.6 Å². The number of ether oxygens (including phenoxy) is 2. The van der Waals surface area contributed by atoms with E-state index in [9.17, 15) is 13.2 Å². The van der Waals surface area contributed by atoms with E-state index in [4.69, 9.17) is 9.47 Å². The van der Waals surface area contributed by atoms with Gasteiger partial charge in [-0.15, -0.1) is 0 Å². The van der Waals surface area contributed by atoms with Crippen LogP contribution in [0.25, 0.3) is 0 Å². The fraction of sp³-hybridized carbons (Fsp3) is 0.389. The van der Waals surface area contributed by atoms with Gasteiger partial charge in [0.2, 0.25) is 16.8 Å². The summed E-state index contributed by atoms with van der Waals surface area (Å²) in [5, 5.41) is 2.86. The molecule has 2 N–H and O–H groups in total. The van der Waals surface area contributed by atoms with Gasteiger partial charge in [-0.3, -0.25) is 4.79 Å². The Labute approximate surface area is 157 Å². The van der Waals surface area contributed by atoms with Crippen molar-refractivity contribution in [3.05, 3.63) is 41.7 Å². The van der Waals surface area contributed by atoms with Gasteiger partial charge in [-0.25, -0.2) is 8.42 Å². The second-order valence-electron chi connectivity index (χ2n) is 6.67. The van der Waals surface area contributed by atoms with Crippen LogP contribution < -0.4 is 14.8 Å². The molecule has 4 rings (SSSR count). The fourth-order valence-electron chi connectivity index (χ4n) is 3.27. The van der Waals surface area contributed by atoms with Gasteiger partial charge in [-0.1, -0.05) is 6.07 Å². The van der Waals surface area contributed by atoms with Gasteiger partial charge < -0.3 is 19.8 Å². The van der Waals surface area contributed by atoms with Crippen LogP contribution in [0.5, 0.6) is 11.5 Å². The molecule has 9 heteroatoms. The number of carbonyl (C=O) groups excluding carboxylic acids is 1. The average molecular weight is 391 g/mol. The molecule has 1 atom stereocenters. The summed E-state index contributed by atoms with van der Waals surface area (Å²) in [4.78, 5) is 15.4. The number of benzene rings is 1. The van der Waals surface area contributed by atoms with Gasteiger partial charge in [0.15, 0.2) is 11.5 Å². The number of rotatable bonds is 5. The topological polar surface area (TPSA) is 101 Å². The minimum Gasteiger partial charge on any atom is -0.454 e. The van der Waals surface area contributed by atoms with Crippen LogP contribution in [-0.4, -0.2) is 43.5 Å². The van der Waals surface area contributed by atoms with E-state index < -0.39 is 10.0 Å². The Bertz CT molecular complexity index is 963. The molecule has 27 heavy (non-hydrogen) atoms. The summed E-state index contributed by atoms with van der Waals surface area (Å²) < 4.78 is 37.2. The maximum absolute atomic E-state index is 12.6. The van der Waals surface area contributed by atoms with Crippen molar-refractivity contribution in [2.75, 3.05) is 19.9 Å². The van der Waals surface area contributed by atoms with Crippen LogP contribution in [0.4, 0.5) is 0 Å². The molecule has 0 spiro atoms. The van der Waals surface area contributed by atoms with Gasteiger partial charge in [0.25, 0.3) is 5.91 Å². The van der Waals surface area contributed by atoms with Gasteiger partial charge in [0.1, 0.15) is 10.6 Å². The predicted molar refractivity (Wildman–Crippen MR) is 97.2 cm³/mol. The van der Waals surface area contributed by atoms with Gasteiger partial charge in [-0.05, 0) is 43.5 Å². The molecular formula is C18H21N3O5S. The second kappa shape index (κ2) is 6.90. The number of hydrogen-bond acceptors (Lipinski definition) is 5. The zero-order chi connectivity index (χ0) is 19.0. The Hall–Kier alpha value is -2.52. The molecule has 1 unspecified atom stereocenters. The monoisotopic (exact) mass is 391 g/mol. The number of aromatic amines is 1.